The minimum absolute atomic E-state index is 0.154. The number of methoxy groups -OCH3 is 1. The normalized spacial score (nSPS) is 18.7. The lowest BCUT2D eigenvalue weighted by molar-refractivity contribution is -0.116. The third-order valence-corrected chi connectivity index (χ3v) is 7.07. The van der Waals surface area contributed by atoms with Crippen LogP contribution in [0.3, 0.4) is 0 Å². The van der Waals surface area contributed by atoms with Gasteiger partial charge in [0.05, 0.1) is 13.7 Å². The number of ether oxygens (including phenoxy) is 2. The van der Waals surface area contributed by atoms with Crippen LogP contribution in [0.5, 0.6) is 11.5 Å². The fraction of sp³-hybridized carbons (Fsp3) is 0.571. The fourth-order valence-corrected chi connectivity index (χ4v) is 5.36. The second kappa shape index (κ2) is 11.0. The summed E-state index contributed by atoms with van der Waals surface area (Å²) in [5, 5.41) is 3.47. The lowest BCUT2D eigenvalue weighted by Crippen LogP contribution is -2.36. The lowest BCUT2D eigenvalue weighted by Gasteiger charge is -2.37. The molecule has 0 unspecified atom stereocenters. The van der Waals surface area contributed by atoms with E-state index in [1.807, 2.05) is 18.2 Å². The maximum absolute atomic E-state index is 13.0. The number of hydrogen-bond donors (Lipinski definition) is 1. The SMILES string of the molecule is CCCCCCCCOc1ccc(C2C3=C(CCCC3=O)NC3=C2C(=O)CCC3)cc1OC. The summed E-state index contributed by atoms with van der Waals surface area (Å²) in [7, 11) is 1.64. The number of Topliss-reactive ketones (excluding diaryl/α,β-unsaturated/α-hetero) is 2. The van der Waals surface area contributed by atoms with Gasteiger partial charge < -0.3 is 14.8 Å². The summed E-state index contributed by atoms with van der Waals surface area (Å²) in [6.45, 7) is 2.89. The van der Waals surface area contributed by atoms with Crippen LogP contribution in [-0.2, 0) is 9.59 Å². The van der Waals surface area contributed by atoms with Crippen LogP contribution in [0.1, 0.15) is 95.5 Å². The maximum atomic E-state index is 13.0. The summed E-state index contributed by atoms with van der Waals surface area (Å²) in [6.07, 6.45) is 11.8. The van der Waals surface area contributed by atoms with Crippen LogP contribution in [-0.4, -0.2) is 25.3 Å². The van der Waals surface area contributed by atoms with E-state index in [2.05, 4.69) is 12.2 Å². The quantitative estimate of drug-likeness (QED) is 0.433. The molecule has 4 rings (SSSR count). The van der Waals surface area contributed by atoms with Gasteiger partial charge in [-0.2, -0.15) is 0 Å². The topological polar surface area (TPSA) is 64.6 Å². The molecular weight excluding hydrogens is 414 g/mol. The number of hydrogen-bond acceptors (Lipinski definition) is 5. The van der Waals surface area contributed by atoms with E-state index in [9.17, 15) is 9.59 Å². The number of allylic oxidation sites excluding steroid dienone is 4. The van der Waals surface area contributed by atoms with Crippen LogP contribution < -0.4 is 14.8 Å². The minimum Gasteiger partial charge on any atom is -0.493 e. The molecule has 178 valence electrons. The second-order valence-electron chi connectivity index (χ2n) is 9.42. The highest BCUT2D eigenvalue weighted by Gasteiger charge is 2.40. The summed E-state index contributed by atoms with van der Waals surface area (Å²) in [4.78, 5) is 26.0. The highest BCUT2D eigenvalue weighted by Crippen LogP contribution is 2.46. The number of unbranched alkanes of at least 4 members (excludes halogenated alkanes) is 5. The number of benzene rings is 1. The molecule has 0 amide bonds. The Hall–Kier alpha value is -2.56. The molecule has 0 saturated carbocycles. The van der Waals surface area contributed by atoms with E-state index in [0.717, 1.165) is 66.0 Å². The molecule has 1 aliphatic heterocycles. The maximum Gasteiger partial charge on any atom is 0.161 e. The Morgan fingerprint density at radius 1 is 0.848 bits per heavy atom. The van der Waals surface area contributed by atoms with Crippen molar-refractivity contribution in [2.75, 3.05) is 13.7 Å². The van der Waals surface area contributed by atoms with Gasteiger partial charge in [0.1, 0.15) is 0 Å². The third-order valence-electron chi connectivity index (χ3n) is 7.07. The van der Waals surface area contributed by atoms with Crippen LogP contribution >= 0.6 is 0 Å². The van der Waals surface area contributed by atoms with E-state index in [4.69, 9.17) is 9.47 Å². The van der Waals surface area contributed by atoms with Crippen molar-refractivity contribution in [3.63, 3.8) is 0 Å². The first kappa shape index (κ1) is 23.6. The molecule has 0 radical (unpaired) electrons. The zero-order valence-electron chi connectivity index (χ0n) is 20.1. The number of rotatable bonds is 10. The zero-order valence-corrected chi connectivity index (χ0v) is 20.1. The standard InChI is InChI=1S/C28H37NO4/c1-3-4-5-6-7-8-17-33-24-16-15-19(18-25(24)32-2)26-27-20(11-9-13-22(27)30)29-21-12-10-14-23(31)28(21)26/h15-16,18,26,29H,3-14,17H2,1-2H3. The molecule has 2 aliphatic carbocycles. The van der Waals surface area contributed by atoms with Crippen molar-refractivity contribution in [3.05, 3.63) is 46.3 Å². The Morgan fingerprint density at radius 3 is 2.12 bits per heavy atom. The van der Waals surface area contributed by atoms with Crippen LogP contribution in [0.2, 0.25) is 0 Å². The van der Waals surface area contributed by atoms with E-state index in [0.29, 0.717) is 25.2 Å². The third kappa shape index (κ3) is 5.18. The second-order valence-corrected chi connectivity index (χ2v) is 9.42. The fourth-order valence-electron chi connectivity index (χ4n) is 5.36. The Labute approximate surface area is 197 Å². The minimum atomic E-state index is -0.307. The van der Waals surface area contributed by atoms with E-state index >= 15 is 0 Å². The van der Waals surface area contributed by atoms with Gasteiger partial charge >= 0.3 is 0 Å². The number of carbonyl (C=O) groups is 2. The number of dihydropyridines is 1. The van der Waals surface area contributed by atoms with Gasteiger partial charge in [-0.15, -0.1) is 0 Å². The first-order chi connectivity index (χ1) is 16.1. The van der Waals surface area contributed by atoms with E-state index in [1.54, 1.807) is 7.11 Å². The molecule has 3 aliphatic rings. The predicted octanol–water partition coefficient (Wildman–Crippen LogP) is 6.14. The first-order valence-electron chi connectivity index (χ1n) is 12.7. The Morgan fingerprint density at radius 2 is 1.48 bits per heavy atom. The Balaban J connectivity index is 1.56. The number of carbonyl (C=O) groups excluding carboxylic acids is 2. The Bertz CT molecular complexity index is 917. The van der Waals surface area contributed by atoms with E-state index in [1.165, 1.54) is 32.1 Å². The van der Waals surface area contributed by atoms with Crippen LogP contribution in [0.4, 0.5) is 0 Å². The van der Waals surface area contributed by atoms with Crippen molar-refractivity contribution in [2.24, 2.45) is 0 Å². The van der Waals surface area contributed by atoms with Gasteiger partial charge in [-0.05, 0) is 49.8 Å². The molecule has 5 nitrogen and oxygen atoms in total. The summed E-state index contributed by atoms with van der Waals surface area (Å²) in [5.41, 5.74) is 4.50. The average Bonchev–Trinajstić information content (AvgIpc) is 2.82. The smallest absolute Gasteiger partial charge is 0.161 e. The highest BCUT2D eigenvalue weighted by molar-refractivity contribution is 6.06. The van der Waals surface area contributed by atoms with Crippen molar-refractivity contribution in [1.82, 2.24) is 5.32 Å². The van der Waals surface area contributed by atoms with Crippen molar-refractivity contribution < 1.29 is 19.1 Å². The predicted molar refractivity (Wildman–Crippen MR) is 130 cm³/mol. The van der Waals surface area contributed by atoms with Gasteiger partial charge in [-0.3, -0.25) is 9.59 Å². The molecule has 1 N–H and O–H groups in total. The van der Waals surface area contributed by atoms with Crippen molar-refractivity contribution >= 4 is 11.6 Å². The molecule has 0 saturated heterocycles. The number of nitrogens with one attached hydrogen (secondary N) is 1. The summed E-state index contributed by atoms with van der Waals surface area (Å²) in [6, 6.07) is 5.91. The highest BCUT2D eigenvalue weighted by atomic mass is 16.5. The largest absolute Gasteiger partial charge is 0.493 e. The molecule has 1 aromatic carbocycles. The lowest BCUT2D eigenvalue weighted by atomic mass is 9.71. The summed E-state index contributed by atoms with van der Waals surface area (Å²) < 4.78 is 11.7. The van der Waals surface area contributed by atoms with Gasteiger partial charge in [0.15, 0.2) is 23.1 Å². The first-order valence-corrected chi connectivity index (χ1v) is 12.7. The molecule has 1 heterocycles. The van der Waals surface area contributed by atoms with E-state index < -0.39 is 0 Å². The zero-order chi connectivity index (χ0) is 23.2. The molecule has 0 fully saturated rings. The van der Waals surface area contributed by atoms with Gasteiger partial charge in [0.2, 0.25) is 0 Å². The van der Waals surface area contributed by atoms with Crippen LogP contribution in [0.15, 0.2) is 40.7 Å². The summed E-state index contributed by atoms with van der Waals surface area (Å²) in [5.74, 6) is 1.38. The van der Waals surface area contributed by atoms with Crippen molar-refractivity contribution in [3.8, 4) is 11.5 Å². The average molecular weight is 452 g/mol. The molecule has 5 heteroatoms. The van der Waals surface area contributed by atoms with Gasteiger partial charge in [-0.1, -0.05) is 45.1 Å². The van der Waals surface area contributed by atoms with Crippen molar-refractivity contribution in [2.45, 2.75) is 89.9 Å². The molecule has 0 spiro atoms. The van der Waals surface area contributed by atoms with Gasteiger partial charge in [0, 0.05) is 41.3 Å². The number of ketones is 2. The molecule has 0 aromatic heterocycles. The van der Waals surface area contributed by atoms with Crippen LogP contribution in [0.25, 0.3) is 0 Å². The molecule has 0 atom stereocenters. The summed E-state index contributed by atoms with van der Waals surface area (Å²) >= 11 is 0. The molecule has 1 aromatic rings. The van der Waals surface area contributed by atoms with Gasteiger partial charge in [-0.25, -0.2) is 0 Å². The monoisotopic (exact) mass is 451 g/mol. The van der Waals surface area contributed by atoms with Crippen LogP contribution in [0, 0.1) is 0 Å². The van der Waals surface area contributed by atoms with Crippen molar-refractivity contribution in [1.29, 1.82) is 0 Å². The molecular formula is C28H37NO4. The molecule has 0 bridgehead atoms. The van der Waals surface area contributed by atoms with Gasteiger partial charge in [0.25, 0.3) is 0 Å². The van der Waals surface area contributed by atoms with E-state index in [-0.39, 0.29) is 17.5 Å². The Kier molecular flexibility index (Phi) is 7.89. The molecule has 33 heavy (non-hydrogen) atoms.